The molecule has 0 aromatic rings. The van der Waals surface area contributed by atoms with Crippen molar-refractivity contribution in [1.82, 2.24) is 14.1 Å². The average Bonchev–Trinajstić information content (AvgIpc) is 3.21. The molecule has 2 heterocycles. The van der Waals surface area contributed by atoms with Gasteiger partial charge in [0, 0.05) is 33.2 Å². The number of hydrogen-bond acceptors (Lipinski definition) is 5. The van der Waals surface area contributed by atoms with Crippen LogP contribution < -0.4 is 0 Å². The third-order valence-electron chi connectivity index (χ3n) is 4.84. The van der Waals surface area contributed by atoms with Crippen molar-refractivity contribution in [2.24, 2.45) is 0 Å². The van der Waals surface area contributed by atoms with Gasteiger partial charge < -0.3 is 4.90 Å². The molecular weight excluding hydrogens is 292 g/mol. The van der Waals surface area contributed by atoms with E-state index in [0.717, 1.165) is 12.8 Å². The van der Waals surface area contributed by atoms with Gasteiger partial charge in [-0.25, -0.2) is 8.42 Å². The number of piperazine rings is 1. The Labute approximate surface area is 125 Å². The molecule has 0 unspecified atom stereocenters. The monoisotopic (exact) mass is 312 g/mol. The Morgan fingerprint density at radius 1 is 1.33 bits per heavy atom. The summed E-state index contributed by atoms with van der Waals surface area (Å²) in [6, 6.07) is 2.10. The number of sulfonamides is 1. The van der Waals surface area contributed by atoms with Crippen LogP contribution in [0, 0.1) is 11.3 Å². The van der Waals surface area contributed by atoms with Crippen LogP contribution >= 0.6 is 0 Å². The molecule has 1 amide bonds. The van der Waals surface area contributed by atoms with Gasteiger partial charge in [0.15, 0.2) is 0 Å². The van der Waals surface area contributed by atoms with Gasteiger partial charge in [0.2, 0.25) is 15.9 Å². The minimum atomic E-state index is -3.27. The minimum Gasteiger partial charge on any atom is -0.343 e. The highest BCUT2D eigenvalue weighted by atomic mass is 32.2. The molecule has 1 aliphatic carbocycles. The van der Waals surface area contributed by atoms with Crippen molar-refractivity contribution in [3.05, 3.63) is 0 Å². The molecule has 1 spiro atoms. The van der Waals surface area contributed by atoms with Crippen LogP contribution in [0.5, 0.6) is 0 Å². The van der Waals surface area contributed by atoms with Gasteiger partial charge in [0.25, 0.3) is 0 Å². The lowest BCUT2D eigenvalue weighted by atomic mass is 9.92. The second kappa shape index (κ2) is 4.93. The normalized spacial score (nSPS) is 31.8. The van der Waals surface area contributed by atoms with Crippen LogP contribution in [0.2, 0.25) is 0 Å². The van der Waals surface area contributed by atoms with E-state index in [9.17, 15) is 13.2 Å². The maximum absolute atomic E-state index is 12.6. The summed E-state index contributed by atoms with van der Waals surface area (Å²) in [5.41, 5.74) is -0.843. The first kappa shape index (κ1) is 14.8. The summed E-state index contributed by atoms with van der Waals surface area (Å²) in [6.07, 6.45) is 1.92. The molecule has 1 atom stereocenters. The zero-order valence-electron chi connectivity index (χ0n) is 12.2. The molecule has 116 valence electrons. The summed E-state index contributed by atoms with van der Waals surface area (Å²) in [5.74, 6) is -0.0579. The van der Waals surface area contributed by atoms with Crippen LogP contribution in [0.1, 0.15) is 19.3 Å². The molecule has 3 rings (SSSR count). The van der Waals surface area contributed by atoms with E-state index in [4.69, 9.17) is 5.26 Å². The second-order valence-corrected chi connectivity index (χ2v) is 8.38. The fourth-order valence-corrected chi connectivity index (χ4v) is 5.27. The van der Waals surface area contributed by atoms with Crippen molar-refractivity contribution in [2.45, 2.75) is 30.1 Å². The predicted molar refractivity (Wildman–Crippen MR) is 75.7 cm³/mol. The van der Waals surface area contributed by atoms with Crippen LogP contribution in [0.15, 0.2) is 0 Å². The molecule has 3 fully saturated rings. The number of hydrogen-bond donors (Lipinski definition) is 0. The molecule has 8 heteroatoms. The van der Waals surface area contributed by atoms with Gasteiger partial charge in [-0.2, -0.15) is 9.57 Å². The highest BCUT2D eigenvalue weighted by molar-refractivity contribution is 7.90. The molecule has 0 aromatic heterocycles. The number of carbonyl (C=O) groups is 1. The van der Waals surface area contributed by atoms with Crippen LogP contribution in [-0.2, 0) is 14.8 Å². The number of likely N-dealkylation sites (N-methyl/N-ethyl adjacent to an activating group) is 1. The van der Waals surface area contributed by atoms with E-state index in [1.54, 1.807) is 11.9 Å². The van der Waals surface area contributed by atoms with E-state index in [1.165, 1.54) is 4.31 Å². The first-order chi connectivity index (χ1) is 9.91. The summed E-state index contributed by atoms with van der Waals surface area (Å²) in [7, 11) is -1.53. The fraction of sp³-hybridized carbons (Fsp3) is 0.846. The van der Waals surface area contributed by atoms with Crippen LogP contribution in [0.25, 0.3) is 0 Å². The fourth-order valence-electron chi connectivity index (χ4n) is 3.38. The van der Waals surface area contributed by atoms with Gasteiger partial charge in [-0.3, -0.25) is 9.69 Å². The Balaban J connectivity index is 1.88. The molecule has 2 aliphatic heterocycles. The van der Waals surface area contributed by atoms with Gasteiger partial charge in [-0.05, 0) is 19.3 Å². The molecule has 7 nitrogen and oxygen atoms in total. The zero-order valence-corrected chi connectivity index (χ0v) is 13.0. The number of rotatable bonds is 3. The molecule has 21 heavy (non-hydrogen) atoms. The largest absolute Gasteiger partial charge is 0.343 e. The molecule has 3 aliphatic rings. The van der Waals surface area contributed by atoms with Crippen molar-refractivity contribution in [1.29, 1.82) is 5.26 Å². The minimum absolute atomic E-state index is 0.0579. The van der Waals surface area contributed by atoms with Crippen molar-refractivity contribution in [3.8, 4) is 6.07 Å². The van der Waals surface area contributed by atoms with Crippen LogP contribution in [0.3, 0.4) is 0 Å². The molecule has 0 aromatic carbocycles. The van der Waals surface area contributed by atoms with Gasteiger partial charge in [0.05, 0.1) is 17.9 Å². The highest BCUT2D eigenvalue weighted by Crippen LogP contribution is 2.38. The Morgan fingerprint density at radius 2 is 2.05 bits per heavy atom. The molecule has 2 saturated heterocycles. The predicted octanol–water partition coefficient (Wildman–Crippen LogP) is -0.779. The lowest BCUT2D eigenvalue weighted by Crippen LogP contribution is -2.66. The Kier molecular flexibility index (Phi) is 3.47. The van der Waals surface area contributed by atoms with Crippen molar-refractivity contribution in [3.63, 3.8) is 0 Å². The van der Waals surface area contributed by atoms with E-state index in [1.807, 2.05) is 4.90 Å². The number of carbonyl (C=O) groups excluding carboxylic acids is 1. The van der Waals surface area contributed by atoms with E-state index in [0.29, 0.717) is 26.1 Å². The smallest absolute Gasteiger partial charge is 0.244 e. The number of amides is 1. The average molecular weight is 312 g/mol. The Hall–Kier alpha value is -1.17. The van der Waals surface area contributed by atoms with Crippen LogP contribution in [0.4, 0.5) is 0 Å². The summed E-state index contributed by atoms with van der Waals surface area (Å²) in [4.78, 5) is 16.2. The summed E-state index contributed by atoms with van der Waals surface area (Å²) >= 11 is 0. The zero-order chi connectivity index (χ0) is 15.3. The maximum Gasteiger partial charge on any atom is 0.244 e. The second-order valence-electron chi connectivity index (χ2n) is 6.17. The Bertz CT molecular complexity index is 595. The SMILES string of the molecule is CN1CCN(CC#N)[C@]2(CCN(S(=O)(=O)C3CC3)C2)C1=O. The van der Waals surface area contributed by atoms with E-state index in [2.05, 4.69) is 6.07 Å². The summed E-state index contributed by atoms with van der Waals surface area (Å²) < 4.78 is 26.2. The lowest BCUT2D eigenvalue weighted by Gasteiger charge is -2.45. The Morgan fingerprint density at radius 3 is 2.67 bits per heavy atom. The van der Waals surface area contributed by atoms with E-state index in [-0.39, 0.29) is 24.2 Å². The quantitative estimate of drug-likeness (QED) is 0.638. The van der Waals surface area contributed by atoms with Crippen molar-refractivity contribution < 1.29 is 13.2 Å². The van der Waals surface area contributed by atoms with Gasteiger partial charge in [-0.15, -0.1) is 0 Å². The van der Waals surface area contributed by atoms with Gasteiger partial charge in [-0.1, -0.05) is 0 Å². The first-order valence-corrected chi connectivity index (χ1v) is 8.79. The third-order valence-corrected chi connectivity index (χ3v) is 7.18. The number of nitrogens with zero attached hydrogens (tertiary/aromatic N) is 4. The van der Waals surface area contributed by atoms with Gasteiger partial charge in [0.1, 0.15) is 5.54 Å². The van der Waals surface area contributed by atoms with E-state index >= 15 is 0 Å². The highest BCUT2D eigenvalue weighted by Gasteiger charge is 2.56. The third kappa shape index (κ3) is 2.24. The standard InChI is InChI=1S/C13H20N4O3S/c1-15-8-9-16(7-5-14)13(12(15)18)4-6-17(10-13)21(19,20)11-2-3-11/h11H,2-4,6-10H2,1H3/t13-/m0/s1. The number of nitriles is 1. The molecular formula is C13H20N4O3S. The first-order valence-electron chi connectivity index (χ1n) is 7.28. The van der Waals surface area contributed by atoms with Crippen molar-refractivity contribution in [2.75, 3.05) is 39.8 Å². The molecule has 0 bridgehead atoms. The lowest BCUT2D eigenvalue weighted by molar-refractivity contribution is -0.147. The summed E-state index contributed by atoms with van der Waals surface area (Å²) in [5, 5.41) is 8.73. The van der Waals surface area contributed by atoms with E-state index < -0.39 is 15.6 Å². The molecule has 0 N–H and O–H groups in total. The van der Waals surface area contributed by atoms with Crippen molar-refractivity contribution >= 4 is 15.9 Å². The molecule has 0 radical (unpaired) electrons. The topological polar surface area (TPSA) is 84.7 Å². The van der Waals surface area contributed by atoms with Gasteiger partial charge >= 0.3 is 0 Å². The maximum atomic E-state index is 12.6. The van der Waals surface area contributed by atoms with Crippen LogP contribution in [-0.4, -0.2) is 79.0 Å². The summed E-state index contributed by atoms with van der Waals surface area (Å²) in [6.45, 7) is 1.93. The molecule has 1 saturated carbocycles.